The third kappa shape index (κ3) is 5.73. The van der Waals surface area contributed by atoms with Crippen LogP contribution in [0.5, 0.6) is 23.0 Å². The third-order valence-corrected chi connectivity index (χ3v) is 4.21. The summed E-state index contributed by atoms with van der Waals surface area (Å²) in [5.74, 6) is 0.282. The highest BCUT2D eigenvalue weighted by atomic mass is 16.6. The number of ether oxygens (including phenoxy) is 5. The van der Waals surface area contributed by atoms with E-state index in [4.69, 9.17) is 23.7 Å². The van der Waals surface area contributed by atoms with Gasteiger partial charge < -0.3 is 23.7 Å². The van der Waals surface area contributed by atoms with Gasteiger partial charge in [0.25, 0.3) is 0 Å². The average Bonchev–Trinajstić information content (AvgIpc) is 2.79. The number of Topliss-reactive ketones (excluding diaryl/α,β-unsaturated/α-hetero) is 2. The Balaban J connectivity index is 1.91. The molecule has 0 saturated carbocycles. The molecular formula is C22H24O8. The van der Waals surface area contributed by atoms with Crippen molar-refractivity contribution < 1.29 is 38.1 Å². The van der Waals surface area contributed by atoms with E-state index in [-0.39, 0.29) is 18.0 Å². The standard InChI is InChI=1S/C22H24O8/c1-5-17(23)14-6-8-16(9-7-14)29-13-21(25)30-12-18(24)15-10-19(26-2)22(28-4)20(11-15)27-3/h6-11H,5,12-13H2,1-4H3. The molecule has 0 aliphatic heterocycles. The number of hydrogen-bond donors (Lipinski definition) is 0. The summed E-state index contributed by atoms with van der Waals surface area (Å²) in [5, 5.41) is 0. The lowest BCUT2D eigenvalue weighted by Crippen LogP contribution is -2.19. The van der Waals surface area contributed by atoms with Gasteiger partial charge in [-0.3, -0.25) is 9.59 Å². The van der Waals surface area contributed by atoms with Crippen molar-refractivity contribution in [2.45, 2.75) is 13.3 Å². The van der Waals surface area contributed by atoms with E-state index in [1.165, 1.54) is 33.5 Å². The topological polar surface area (TPSA) is 97.4 Å². The summed E-state index contributed by atoms with van der Waals surface area (Å²) in [4.78, 5) is 35.9. The van der Waals surface area contributed by atoms with Crippen LogP contribution in [0.3, 0.4) is 0 Å². The SMILES string of the molecule is CCC(=O)c1ccc(OCC(=O)OCC(=O)c2cc(OC)c(OC)c(OC)c2)cc1. The quantitative estimate of drug-likeness (QED) is 0.407. The molecule has 2 aromatic carbocycles. The van der Waals surface area contributed by atoms with Crippen LogP contribution in [0.2, 0.25) is 0 Å². The minimum atomic E-state index is -0.704. The fraction of sp³-hybridized carbons (Fsp3) is 0.318. The van der Waals surface area contributed by atoms with Crippen LogP contribution in [0.15, 0.2) is 36.4 Å². The molecular weight excluding hydrogens is 392 g/mol. The molecule has 30 heavy (non-hydrogen) atoms. The number of methoxy groups -OCH3 is 3. The van der Waals surface area contributed by atoms with Gasteiger partial charge in [0.05, 0.1) is 21.3 Å². The van der Waals surface area contributed by atoms with Gasteiger partial charge in [-0.1, -0.05) is 6.92 Å². The summed E-state index contributed by atoms with van der Waals surface area (Å²) in [6, 6.07) is 9.40. The lowest BCUT2D eigenvalue weighted by Gasteiger charge is -2.13. The molecule has 2 rings (SSSR count). The molecule has 0 heterocycles. The first-order chi connectivity index (χ1) is 14.4. The first-order valence-corrected chi connectivity index (χ1v) is 9.18. The van der Waals surface area contributed by atoms with Crippen molar-refractivity contribution in [1.82, 2.24) is 0 Å². The predicted molar refractivity (Wildman–Crippen MR) is 108 cm³/mol. The van der Waals surface area contributed by atoms with Gasteiger partial charge >= 0.3 is 5.97 Å². The van der Waals surface area contributed by atoms with Crippen LogP contribution in [-0.4, -0.2) is 52.1 Å². The van der Waals surface area contributed by atoms with Crippen LogP contribution in [0, 0.1) is 0 Å². The Morgan fingerprint density at radius 3 is 1.87 bits per heavy atom. The average molecular weight is 416 g/mol. The third-order valence-electron chi connectivity index (χ3n) is 4.21. The predicted octanol–water partition coefficient (Wildman–Crippen LogP) is 3.11. The molecule has 8 heteroatoms. The van der Waals surface area contributed by atoms with E-state index in [0.29, 0.717) is 35.0 Å². The van der Waals surface area contributed by atoms with Gasteiger partial charge in [0, 0.05) is 17.5 Å². The first kappa shape index (κ1) is 22.7. The first-order valence-electron chi connectivity index (χ1n) is 9.18. The summed E-state index contributed by atoms with van der Waals surface area (Å²) in [6.45, 7) is 0.941. The van der Waals surface area contributed by atoms with Gasteiger partial charge in [-0.25, -0.2) is 4.79 Å². The molecule has 0 saturated heterocycles. The van der Waals surface area contributed by atoms with E-state index in [1.54, 1.807) is 31.2 Å². The van der Waals surface area contributed by atoms with E-state index in [9.17, 15) is 14.4 Å². The van der Waals surface area contributed by atoms with Crippen molar-refractivity contribution in [2.24, 2.45) is 0 Å². The second kappa shape index (κ2) is 10.8. The smallest absolute Gasteiger partial charge is 0.344 e. The minimum Gasteiger partial charge on any atom is -0.493 e. The van der Waals surface area contributed by atoms with Crippen molar-refractivity contribution in [3.05, 3.63) is 47.5 Å². The van der Waals surface area contributed by atoms with E-state index in [0.717, 1.165) is 0 Å². The number of carbonyl (C=O) groups excluding carboxylic acids is 3. The molecule has 0 aromatic heterocycles. The number of benzene rings is 2. The molecule has 0 bridgehead atoms. The van der Waals surface area contributed by atoms with Crippen LogP contribution in [0.1, 0.15) is 34.1 Å². The van der Waals surface area contributed by atoms with E-state index in [1.807, 2.05) is 0 Å². The molecule has 0 fully saturated rings. The summed E-state index contributed by atoms with van der Waals surface area (Å²) < 4.78 is 25.9. The van der Waals surface area contributed by atoms with Gasteiger partial charge in [0.1, 0.15) is 5.75 Å². The number of hydrogen-bond acceptors (Lipinski definition) is 8. The van der Waals surface area contributed by atoms with E-state index in [2.05, 4.69) is 0 Å². The van der Waals surface area contributed by atoms with Crippen LogP contribution in [0.25, 0.3) is 0 Å². The molecule has 0 aliphatic carbocycles. The molecule has 0 amide bonds. The Kier molecular flexibility index (Phi) is 8.22. The van der Waals surface area contributed by atoms with Crippen LogP contribution in [0.4, 0.5) is 0 Å². The largest absolute Gasteiger partial charge is 0.493 e. The Morgan fingerprint density at radius 1 is 0.767 bits per heavy atom. The lowest BCUT2D eigenvalue weighted by atomic mass is 10.1. The zero-order valence-corrected chi connectivity index (χ0v) is 17.4. The number of rotatable bonds is 11. The Hall–Kier alpha value is -3.55. The summed E-state index contributed by atoms with van der Waals surface area (Å²) in [6.07, 6.45) is 0.409. The zero-order valence-electron chi connectivity index (χ0n) is 17.4. The fourth-order valence-electron chi connectivity index (χ4n) is 2.60. The lowest BCUT2D eigenvalue weighted by molar-refractivity contribution is -0.144. The molecule has 160 valence electrons. The fourth-order valence-corrected chi connectivity index (χ4v) is 2.60. The molecule has 8 nitrogen and oxygen atoms in total. The maximum Gasteiger partial charge on any atom is 0.344 e. The number of esters is 1. The highest BCUT2D eigenvalue weighted by Crippen LogP contribution is 2.38. The molecule has 0 unspecified atom stereocenters. The molecule has 0 spiro atoms. The summed E-state index contributed by atoms with van der Waals surface area (Å²) >= 11 is 0. The Labute approximate surface area is 174 Å². The molecule has 0 atom stereocenters. The van der Waals surface area contributed by atoms with Crippen molar-refractivity contribution in [1.29, 1.82) is 0 Å². The molecule has 0 radical (unpaired) electrons. The maximum absolute atomic E-state index is 12.4. The number of carbonyl (C=O) groups is 3. The van der Waals surface area contributed by atoms with Gasteiger partial charge in [-0.05, 0) is 36.4 Å². The monoisotopic (exact) mass is 416 g/mol. The molecule has 0 N–H and O–H groups in total. The Morgan fingerprint density at radius 2 is 1.37 bits per heavy atom. The van der Waals surface area contributed by atoms with Crippen molar-refractivity contribution in [3.8, 4) is 23.0 Å². The highest BCUT2D eigenvalue weighted by Gasteiger charge is 2.18. The van der Waals surface area contributed by atoms with Crippen molar-refractivity contribution >= 4 is 17.5 Å². The summed E-state index contributed by atoms with van der Waals surface area (Å²) in [7, 11) is 4.33. The van der Waals surface area contributed by atoms with Crippen LogP contribution in [-0.2, 0) is 9.53 Å². The van der Waals surface area contributed by atoms with Gasteiger partial charge in [0.15, 0.2) is 30.5 Å². The van der Waals surface area contributed by atoms with Crippen LogP contribution < -0.4 is 18.9 Å². The van der Waals surface area contributed by atoms with E-state index >= 15 is 0 Å². The van der Waals surface area contributed by atoms with Crippen molar-refractivity contribution in [2.75, 3.05) is 34.5 Å². The second-order valence-electron chi connectivity index (χ2n) is 6.09. The van der Waals surface area contributed by atoms with Gasteiger partial charge in [-0.2, -0.15) is 0 Å². The molecule has 0 aliphatic rings. The van der Waals surface area contributed by atoms with Gasteiger partial charge in [0.2, 0.25) is 11.5 Å². The Bertz CT molecular complexity index is 877. The maximum atomic E-state index is 12.4. The highest BCUT2D eigenvalue weighted by molar-refractivity contribution is 5.99. The normalized spacial score (nSPS) is 10.1. The zero-order chi connectivity index (χ0) is 22.1. The van der Waals surface area contributed by atoms with E-state index < -0.39 is 18.4 Å². The minimum absolute atomic E-state index is 0.0197. The van der Waals surface area contributed by atoms with Crippen molar-refractivity contribution in [3.63, 3.8) is 0 Å². The van der Waals surface area contributed by atoms with Gasteiger partial charge in [-0.15, -0.1) is 0 Å². The number of ketones is 2. The second-order valence-corrected chi connectivity index (χ2v) is 6.09. The molecule has 2 aromatic rings. The summed E-state index contributed by atoms with van der Waals surface area (Å²) in [5.41, 5.74) is 0.817. The van der Waals surface area contributed by atoms with Crippen LogP contribution >= 0.6 is 0 Å².